The number of anilines is 1. The maximum absolute atomic E-state index is 13.6. The van der Waals surface area contributed by atoms with Crippen LogP contribution in [-0.4, -0.2) is 24.9 Å². The van der Waals surface area contributed by atoms with Gasteiger partial charge in [-0.2, -0.15) is 5.10 Å². The van der Waals surface area contributed by atoms with Crippen molar-refractivity contribution in [1.29, 1.82) is 0 Å². The molecule has 4 heterocycles. The zero-order valence-corrected chi connectivity index (χ0v) is 21.2. The summed E-state index contributed by atoms with van der Waals surface area (Å²) in [6.07, 6.45) is 3.54. The molecule has 2 N–H and O–H groups in total. The van der Waals surface area contributed by atoms with Gasteiger partial charge in [0.25, 0.3) is 0 Å². The topological polar surface area (TPSA) is 132 Å². The first kappa shape index (κ1) is 23.4. The van der Waals surface area contributed by atoms with Crippen LogP contribution in [-0.2, 0) is 7.05 Å². The smallest absolute Gasteiger partial charge is 0.439 e. The van der Waals surface area contributed by atoms with Gasteiger partial charge >= 0.3 is 5.76 Å². The molecule has 0 aliphatic rings. The quantitative estimate of drug-likeness (QED) is 0.337. The highest BCUT2D eigenvalue weighted by Crippen LogP contribution is 2.34. The van der Waals surface area contributed by atoms with E-state index in [-0.39, 0.29) is 17.3 Å². The summed E-state index contributed by atoms with van der Waals surface area (Å²) in [7, 11) is 1.87. The number of hydrogen-bond donors (Lipinski definition) is 2. The van der Waals surface area contributed by atoms with E-state index in [1.165, 1.54) is 0 Å². The van der Waals surface area contributed by atoms with E-state index in [0.29, 0.717) is 33.7 Å². The van der Waals surface area contributed by atoms with Gasteiger partial charge in [0, 0.05) is 41.5 Å². The first-order valence-electron chi connectivity index (χ1n) is 12.1. The number of H-pyrrole nitrogens is 1. The van der Waals surface area contributed by atoms with Crippen LogP contribution in [0.2, 0.25) is 0 Å². The van der Waals surface area contributed by atoms with Crippen molar-refractivity contribution in [2.24, 2.45) is 7.05 Å². The number of aromatic amines is 1. The van der Waals surface area contributed by atoms with Gasteiger partial charge in [-0.05, 0) is 62.7 Å². The van der Waals surface area contributed by atoms with Crippen molar-refractivity contribution in [3.05, 3.63) is 92.3 Å². The molecule has 38 heavy (non-hydrogen) atoms. The first-order valence-corrected chi connectivity index (χ1v) is 12.1. The lowest BCUT2D eigenvalue weighted by atomic mass is 9.98. The predicted octanol–water partition coefficient (Wildman–Crippen LogP) is 4.87. The molecule has 1 atom stereocenters. The Labute approximate surface area is 215 Å². The fraction of sp³-hybridized carbons (Fsp3) is 0.179. The molecule has 0 spiro atoms. The molecule has 0 saturated heterocycles. The SMILES string of the molecule is Cc1cc(C(C)Nc2cccnc2-c2noc(=O)[nH]2)c2oc(-c3ccc4nn(C)cc4c3)c(C)c(=O)c2c1. The average molecular weight is 509 g/mol. The summed E-state index contributed by atoms with van der Waals surface area (Å²) in [6, 6.07) is 13.0. The Bertz CT molecular complexity index is 1960. The molecule has 10 nitrogen and oxygen atoms in total. The maximum atomic E-state index is 13.6. The number of pyridine rings is 1. The summed E-state index contributed by atoms with van der Waals surface area (Å²) < 4.78 is 12.9. The van der Waals surface area contributed by atoms with E-state index in [1.807, 2.05) is 63.5 Å². The fourth-order valence-corrected chi connectivity index (χ4v) is 4.81. The van der Waals surface area contributed by atoms with Crippen LogP contribution in [0.3, 0.4) is 0 Å². The van der Waals surface area contributed by atoms with Gasteiger partial charge in [-0.25, -0.2) is 4.79 Å². The minimum Gasteiger partial charge on any atom is -0.455 e. The largest absolute Gasteiger partial charge is 0.455 e. The Morgan fingerprint density at radius 2 is 1.95 bits per heavy atom. The normalized spacial score (nSPS) is 12.3. The van der Waals surface area contributed by atoms with E-state index in [0.717, 1.165) is 27.6 Å². The molecule has 0 bridgehead atoms. The number of nitrogens with one attached hydrogen (secondary N) is 2. The highest BCUT2D eigenvalue weighted by atomic mass is 16.5. The molecule has 4 aromatic heterocycles. The van der Waals surface area contributed by atoms with Crippen LogP contribution in [0.4, 0.5) is 5.69 Å². The van der Waals surface area contributed by atoms with Gasteiger partial charge in [0.2, 0.25) is 5.82 Å². The van der Waals surface area contributed by atoms with Crippen LogP contribution in [0.5, 0.6) is 0 Å². The Hall–Kier alpha value is -4.99. The number of nitrogens with zero attached hydrogens (tertiary/aromatic N) is 4. The molecular weight excluding hydrogens is 484 g/mol. The lowest BCUT2D eigenvalue weighted by molar-refractivity contribution is 0.388. The maximum Gasteiger partial charge on any atom is 0.439 e. The zero-order chi connectivity index (χ0) is 26.6. The summed E-state index contributed by atoms with van der Waals surface area (Å²) in [5.41, 5.74) is 5.46. The van der Waals surface area contributed by atoms with E-state index in [1.54, 1.807) is 23.9 Å². The van der Waals surface area contributed by atoms with Gasteiger partial charge in [-0.15, -0.1) is 0 Å². The average Bonchev–Trinajstić information content (AvgIpc) is 3.50. The molecule has 10 heteroatoms. The number of hydrogen-bond acceptors (Lipinski definition) is 8. The van der Waals surface area contributed by atoms with Crippen LogP contribution in [0.25, 0.3) is 44.7 Å². The number of aromatic nitrogens is 5. The molecule has 0 radical (unpaired) electrons. The van der Waals surface area contributed by atoms with Crippen LogP contribution in [0, 0.1) is 13.8 Å². The first-order chi connectivity index (χ1) is 18.3. The van der Waals surface area contributed by atoms with Gasteiger partial charge in [0.1, 0.15) is 17.0 Å². The van der Waals surface area contributed by atoms with Crippen molar-refractivity contribution in [2.75, 3.05) is 5.32 Å². The van der Waals surface area contributed by atoms with Crippen molar-refractivity contribution >= 4 is 27.6 Å². The Balaban J connectivity index is 1.48. The molecule has 6 rings (SSSR count). The Morgan fingerprint density at radius 3 is 2.74 bits per heavy atom. The van der Waals surface area contributed by atoms with Gasteiger partial charge in [0.05, 0.1) is 22.6 Å². The second kappa shape index (κ2) is 8.84. The molecule has 6 aromatic rings. The molecule has 0 aliphatic carbocycles. The molecule has 0 fully saturated rings. The van der Waals surface area contributed by atoms with Gasteiger partial charge in [-0.3, -0.25) is 24.0 Å². The standard InChI is InChI=1S/C28H24N6O4/c1-14-10-19(16(3)30-22-6-5-9-29-23(22)27-31-28(36)38-33-27)26-20(11-14)24(35)15(2)25(37-26)17-7-8-21-18(12-17)13-34(4)32-21/h5-13,16,30H,1-4H3,(H,31,33,36). The van der Waals surface area contributed by atoms with Crippen molar-refractivity contribution in [1.82, 2.24) is 24.9 Å². The van der Waals surface area contributed by atoms with E-state index in [4.69, 9.17) is 4.42 Å². The van der Waals surface area contributed by atoms with Crippen LogP contribution in [0.15, 0.2) is 73.4 Å². The Kier molecular flexibility index (Phi) is 5.45. The van der Waals surface area contributed by atoms with Crippen molar-refractivity contribution in [2.45, 2.75) is 26.8 Å². The number of fused-ring (bicyclic) bond motifs is 2. The number of rotatable bonds is 5. The molecule has 0 amide bonds. The van der Waals surface area contributed by atoms with Crippen LogP contribution >= 0.6 is 0 Å². The number of aryl methyl sites for hydroxylation is 2. The van der Waals surface area contributed by atoms with Crippen molar-refractivity contribution in [3.8, 4) is 22.8 Å². The monoisotopic (exact) mass is 508 g/mol. The van der Waals surface area contributed by atoms with E-state index in [9.17, 15) is 9.59 Å². The summed E-state index contributed by atoms with van der Waals surface area (Å²) in [5.74, 6) is 0.0749. The molecule has 2 aromatic carbocycles. The highest BCUT2D eigenvalue weighted by Gasteiger charge is 2.21. The molecule has 190 valence electrons. The minimum atomic E-state index is -0.663. The minimum absolute atomic E-state index is 0.0769. The van der Waals surface area contributed by atoms with Crippen molar-refractivity contribution in [3.63, 3.8) is 0 Å². The van der Waals surface area contributed by atoms with E-state index in [2.05, 4.69) is 30.1 Å². The highest BCUT2D eigenvalue weighted by molar-refractivity contribution is 5.87. The lowest BCUT2D eigenvalue weighted by Crippen LogP contribution is -2.13. The molecule has 1 unspecified atom stereocenters. The third kappa shape index (κ3) is 3.96. The zero-order valence-electron chi connectivity index (χ0n) is 21.2. The van der Waals surface area contributed by atoms with Crippen LogP contribution in [0.1, 0.15) is 29.7 Å². The Morgan fingerprint density at radius 1 is 1.11 bits per heavy atom. The van der Waals surface area contributed by atoms with E-state index >= 15 is 0 Å². The summed E-state index contributed by atoms with van der Waals surface area (Å²) in [6.45, 7) is 5.71. The second-order valence-corrected chi connectivity index (χ2v) is 9.40. The number of benzene rings is 2. The second-order valence-electron chi connectivity index (χ2n) is 9.40. The lowest BCUT2D eigenvalue weighted by Gasteiger charge is -2.19. The van der Waals surface area contributed by atoms with Gasteiger partial charge in [0.15, 0.2) is 5.43 Å². The fourth-order valence-electron chi connectivity index (χ4n) is 4.81. The molecule has 0 aliphatic heterocycles. The van der Waals surface area contributed by atoms with Gasteiger partial charge in [-0.1, -0.05) is 11.2 Å². The van der Waals surface area contributed by atoms with Crippen molar-refractivity contribution < 1.29 is 8.94 Å². The third-order valence-electron chi connectivity index (χ3n) is 6.58. The van der Waals surface area contributed by atoms with Crippen LogP contribution < -0.4 is 16.5 Å². The molecular formula is C28H24N6O4. The van der Waals surface area contributed by atoms with E-state index < -0.39 is 5.76 Å². The summed E-state index contributed by atoms with van der Waals surface area (Å²) >= 11 is 0. The predicted molar refractivity (Wildman–Crippen MR) is 144 cm³/mol. The summed E-state index contributed by atoms with van der Waals surface area (Å²) in [4.78, 5) is 32.0. The molecule has 0 saturated carbocycles. The summed E-state index contributed by atoms with van der Waals surface area (Å²) in [5, 5.41) is 13.1. The third-order valence-corrected chi connectivity index (χ3v) is 6.58. The van der Waals surface area contributed by atoms with Gasteiger partial charge < -0.3 is 9.73 Å².